The Labute approximate surface area is 91.5 Å². The van der Waals surface area contributed by atoms with E-state index in [2.05, 4.69) is 0 Å². The Morgan fingerprint density at radius 2 is 2.00 bits per heavy atom. The van der Waals surface area contributed by atoms with Crippen LogP contribution >= 0.6 is 0 Å². The first-order chi connectivity index (χ1) is 7.18. The summed E-state index contributed by atoms with van der Waals surface area (Å²) in [5.74, 6) is 0.934. The van der Waals surface area contributed by atoms with Crippen LogP contribution in [0.25, 0.3) is 0 Å². The lowest BCUT2D eigenvalue weighted by Gasteiger charge is -2.21. The molecule has 2 fully saturated rings. The first kappa shape index (κ1) is 10.9. The highest BCUT2D eigenvalue weighted by molar-refractivity contribution is 5.79. The molecule has 0 aromatic heterocycles. The van der Waals surface area contributed by atoms with E-state index in [0.717, 1.165) is 32.4 Å². The fraction of sp³-hybridized carbons (Fsp3) is 0.917. The van der Waals surface area contributed by atoms with Gasteiger partial charge in [-0.25, -0.2) is 0 Å². The first-order valence-electron chi connectivity index (χ1n) is 6.15. The van der Waals surface area contributed by atoms with Gasteiger partial charge in [-0.15, -0.1) is 0 Å². The average molecular weight is 211 g/mol. The van der Waals surface area contributed by atoms with E-state index < -0.39 is 0 Å². The predicted molar refractivity (Wildman–Crippen MR) is 58.3 cm³/mol. The van der Waals surface area contributed by atoms with Crippen LogP contribution in [0, 0.1) is 11.8 Å². The number of hydrogen-bond acceptors (Lipinski definition) is 2. The van der Waals surface area contributed by atoms with Crippen LogP contribution in [0.3, 0.4) is 0 Å². The summed E-state index contributed by atoms with van der Waals surface area (Å²) < 4.78 is 0. The topological polar surface area (TPSA) is 40.5 Å². The summed E-state index contributed by atoms with van der Waals surface area (Å²) in [5.41, 5.74) is 0. The Kier molecular flexibility index (Phi) is 3.29. The number of nitrogens with zero attached hydrogens (tertiary/aromatic N) is 1. The van der Waals surface area contributed by atoms with Crippen molar-refractivity contribution in [1.82, 2.24) is 4.90 Å². The SMILES string of the molecule is CC(O)C1CCN(C(=O)C2CCCC2)C1. The Balaban J connectivity index is 1.87. The summed E-state index contributed by atoms with van der Waals surface area (Å²) in [7, 11) is 0. The molecule has 3 heteroatoms. The van der Waals surface area contributed by atoms with Crippen LogP contribution in [-0.4, -0.2) is 35.1 Å². The van der Waals surface area contributed by atoms with Crippen LogP contribution in [-0.2, 0) is 4.79 Å². The zero-order chi connectivity index (χ0) is 10.8. The van der Waals surface area contributed by atoms with Gasteiger partial charge < -0.3 is 10.0 Å². The van der Waals surface area contributed by atoms with Gasteiger partial charge in [0.05, 0.1) is 6.10 Å². The van der Waals surface area contributed by atoms with E-state index in [9.17, 15) is 9.90 Å². The molecule has 1 heterocycles. The second-order valence-corrected chi connectivity index (χ2v) is 5.05. The second kappa shape index (κ2) is 4.52. The molecule has 0 spiro atoms. The molecule has 0 radical (unpaired) electrons. The molecule has 1 N–H and O–H groups in total. The molecule has 1 amide bonds. The molecule has 0 aromatic rings. The number of carbonyl (C=O) groups is 1. The van der Waals surface area contributed by atoms with Crippen LogP contribution < -0.4 is 0 Å². The number of hydrogen-bond donors (Lipinski definition) is 1. The Morgan fingerprint density at radius 3 is 2.53 bits per heavy atom. The summed E-state index contributed by atoms with van der Waals surface area (Å²) >= 11 is 0. The van der Waals surface area contributed by atoms with Crippen molar-refractivity contribution in [1.29, 1.82) is 0 Å². The minimum atomic E-state index is -0.272. The number of carbonyl (C=O) groups excluding carboxylic acids is 1. The molecular weight excluding hydrogens is 190 g/mol. The molecule has 1 saturated carbocycles. The van der Waals surface area contributed by atoms with Crippen molar-refractivity contribution in [2.75, 3.05) is 13.1 Å². The maximum absolute atomic E-state index is 12.1. The highest BCUT2D eigenvalue weighted by Gasteiger charge is 2.33. The molecule has 1 saturated heterocycles. The Morgan fingerprint density at radius 1 is 1.33 bits per heavy atom. The van der Waals surface area contributed by atoms with E-state index in [1.54, 1.807) is 0 Å². The predicted octanol–water partition coefficient (Wildman–Crippen LogP) is 1.41. The summed E-state index contributed by atoms with van der Waals surface area (Å²) in [5, 5.41) is 9.48. The number of rotatable bonds is 2. The molecule has 2 aliphatic rings. The van der Waals surface area contributed by atoms with E-state index in [1.165, 1.54) is 12.8 Å². The van der Waals surface area contributed by atoms with Crippen molar-refractivity contribution in [3.05, 3.63) is 0 Å². The molecule has 3 nitrogen and oxygen atoms in total. The quantitative estimate of drug-likeness (QED) is 0.750. The van der Waals surface area contributed by atoms with E-state index in [1.807, 2.05) is 11.8 Å². The van der Waals surface area contributed by atoms with Crippen LogP contribution in [0.5, 0.6) is 0 Å². The van der Waals surface area contributed by atoms with Gasteiger partial charge in [0.15, 0.2) is 0 Å². The zero-order valence-electron chi connectivity index (χ0n) is 9.48. The molecular formula is C12H21NO2. The van der Waals surface area contributed by atoms with Crippen molar-refractivity contribution in [2.24, 2.45) is 11.8 Å². The summed E-state index contributed by atoms with van der Waals surface area (Å²) in [6, 6.07) is 0. The fourth-order valence-electron chi connectivity index (χ4n) is 2.81. The van der Waals surface area contributed by atoms with Gasteiger partial charge in [0.2, 0.25) is 5.91 Å². The Bertz CT molecular complexity index is 234. The van der Waals surface area contributed by atoms with Gasteiger partial charge in [0.25, 0.3) is 0 Å². The maximum atomic E-state index is 12.1. The van der Waals surface area contributed by atoms with Gasteiger partial charge in [0.1, 0.15) is 0 Å². The Hall–Kier alpha value is -0.570. The smallest absolute Gasteiger partial charge is 0.225 e. The van der Waals surface area contributed by atoms with Gasteiger partial charge in [-0.1, -0.05) is 12.8 Å². The van der Waals surface area contributed by atoms with Gasteiger partial charge in [0, 0.05) is 24.9 Å². The van der Waals surface area contributed by atoms with E-state index in [4.69, 9.17) is 0 Å². The average Bonchev–Trinajstić information content (AvgIpc) is 2.88. The first-order valence-corrected chi connectivity index (χ1v) is 6.15. The van der Waals surface area contributed by atoms with Crippen LogP contribution in [0.15, 0.2) is 0 Å². The summed E-state index contributed by atoms with van der Waals surface area (Å²) in [6.45, 7) is 3.45. The minimum Gasteiger partial charge on any atom is -0.393 e. The van der Waals surface area contributed by atoms with E-state index in [0.29, 0.717) is 11.8 Å². The van der Waals surface area contributed by atoms with Crippen molar-refractivity contribution >= 4 is 5.91 Å². The molecule has 0 aromatic carbocycles. The lowest BCUT2D eigenvalue weighted by molar-refractivity contribution is -0.134. The van der Waals surface area contributed by atoms with E-state index >= 15 is 0 Å². The molecule has 15 heavy (non-hydrogen) atoms. The third-order valence-corrected chi connectivity index (χ3v) is 3.92. The normalized spacial score (nSPS) is 29.7. The van der Waals surface area contributed by atoms with Gasteiger partial charge in [-0.2, -0.15) is 0 Å². The number of aliphatic hydroxyl groups is 1. The van der Waals surface area contributed by atoms with Gasteiger partial charge >= 0.3 is 0 Å². The zero-order valence-corrected chi connectivity index (χ0v) is 9.48. The molecule has 2 unspecified atom stereocenters. The highest BCUT2D eigenvalue weighted by atomic mass is 16.3. The third-order valence-electron chi connectivity index (χ3n) is 3.92. The third kappa shape index (κ3) is 2.33. The lowest BCUT2D eigenvalue weighted by Crippen LogP contribution is -2.34. The number of amides is 1. The van der Waals surface area contributed by atoms with Gasteiger partial charge in [-0.3, -0.25) is 4.79 Å². The number of aliphatic hydroxyl groups excluding tert-OH is 1. The van der Waals surface area contributed by atoms with Crippen LogP contribution in [0.2, 0.25) is 0 Å². The monoisotopic (exact) mass is 211 g/mol. The molecule has 1 aliphatic heterocycles. The largest absolute Gasteiger partial charge is 0.393 e. The van der Waals surface area contributed by atoms with Gasteiger partial charge in [-0.05, 0) is 26.2 Å². The van der Waals surface area contributed by atoms with Crippen LogP contribution in [0.4, 0.5) is 0 Å². The summed E-state index contributed by atoms with van der Waals surface area (Å²) in [4.78, 5) is 14.0. The van der Waals surface area contributed by atoms with Crippen LogP contribution in [0.1, 0.15) is 39.0 Å². The lowest BCUT2D eigenvalue weighted by atomic mass is 10.0. The molecule has 2 rings (SSSR count). The molecule has 0 bridgehead atoms. The minimum absolute atomic E-state index is 0.272. The standard InChI is InChI=1S/C12H21NO2/c1-9(14)11-6-7-13(8-11)12(15)10-4-2-3-5-10/h9-11,14H,2-8H2,1H3. The van der Waals surface area contributed by atoms with Crippen molar-refractivity contribution in [3.63, 3.8) is 0 Å². The number of likely N-dealkylation sites (tertiary alicyclic amines) is 1. The van der Waals surface area contributed by atoms with Crippen molar-refractivity contribution in [2.45, 2.75) is 45.1 Å². The second-order valence-electron chi connectivity index (χ2n) is 5.05. The summed E-state index contributed by atoms with van der Waals surface area (Å²) in [6.07, 6.45) is 5.28. The highest BCUT2D eigenvalue weighted by Crippen LogP contribution is 2.29. The molecule has 1 aliphatic carbocycles. The maximum Gasteiger partial charge on any atom is 0.225 e. The van der Waals surface area contributed by atoms with Crippen molar-refractivity contribution < 1.29 is 9.90 Å². The molecule has 2 atom stereocenters. The van der Waals surface area contributed by atoms with E-state index in [-0.39, 0.29) is 12.0 Å². The fourth-order valence-corrected chi connectivity index (χ4v) is 2.81. The van der Waals surface area contributed by atoms with Crippen molar-refractivity contribution in [3.8, 4) is 0 Å². The molecule has 86 valence electrons.